The predicted molar refractivity (Wildman–Crippen MR) is 77.8 cm³/mol. The highest BCUT2D eigenvalue weighted by molar-refractivity contribution is 7.10. The molecule has 5 heteroatoms. The van der Waals surface area contributed by atoms with E-state index in [4.69, 9.17) is 16.3 Å². The highest BCUT2D eigenvalue weighted by Crippen LogP contribution is 2.35. The first-order valence-electron chi connectivity index (χ1n) is 5.97. The minimum atomic E-state index is -0.347. The Morgan fingerprint density at radius 3 is 2.79 bits per heavy atom. The van der Waals surface area contributed by atoms with Crippen LogP contribution >= 0.6 is 22.9 Å². The van der Waals surface area contributed by atoms with Gasteiger partial charge in [-0.3, -0.25) is 0 Å². The molecule has 102 valence electrons. The molecule has 1 aromatic heterocycles. The van der Waals surface area contributed by atoms with Gasteiger partial charge in [0.2, 0.25) is 0 Å². The summed E-state index contributed by atoms with van der Waals surface area (Å²) in [6.07, 6.45) is 0. The third kappa shape index (κ3) is 2.91. The Morgan fingerprint density at radius 2 is 2.21 bits per heavy atom. The van der Waals surface area contributed by atoms with Crippen LogP contribution in [-0.4, -0.2) is 13.7 Å². The Hall–Kier alpha value is -1.10. The fourth-order valence-corrected chi connectivity index (χ4v) is 3.23. The lowest BCUT2D eigenvalue weighted by Gasteiger charge is -2.19. The molecule has 2 nitrogen and oxygen atoms in total. The molecule has 0 spiro atoms. The molecule has 0 aliphatic carbocycles. The second kappa shape index (κ2) is 6.37. The Kier molecular flexibility index (Phi) is 4.80. The van der Waals surface area contributed by atoms with E-state index in [0.717, 1.165) is 11.4 Å². The molecule has 0 radical (unpaired) electrons. The number of nitrogens with one attached hydrogen (secondary N) is 1. The molecule has 0 aliphatic heterocycles. The van der Waals surface area contributed by atoms with E-state index in [-0.39, 0.29) is 17.6 Å². The second-order valence-corrected chi connectivity index (χ2v) is 5.34. The topological polar surface area (TPSA) is 21.3 Å². The molecule has 0 fully saturated rings. The summed E-state index contributed by atoms with van der Waals surface area (Å²) in [6.45, 7) is 2.70. The van der Waals surface area contributed by atoms with Gasteiger partial charge >= 0.3 is 0 Å². The van der Waals surface area contributed by atoms with Crippen molar-refractivity contribution in [1.82, 2.24) is 5.32 Å². The van der Waals surface area contributed by atoms with Gasteiger partial charge in [-0.25, -0.2) is 4.39 Å². The van der Waals surface area contributed by atoms with E-state index in [1.165, 1.54) is 18.4 Å². The standard InChI is InChI=1S/C14H15ClFNOS/c1-3-17-13(14-10(15)7-8-19-14)9-5-4-6-11(18-2)12(9)16/h4-8,13,17H,3H2,1-2H3. The van der Waals surface area contributed by atoms with Gasteiger partial charge in [0.05, 0.1) is 18.2 Å². The van der Waals surface area contributed by atoms with E-state index in [1.807, 2.05) is 18.4 Å². The maximum absolute atomic E-state index is 14.4. The van der Waals surface area contributed by atoms with Gasteiger partial charge in [0, 0.05) is 10.4 Å². The molecule has 19 heavy (non-hydrogen) atoms. The number of rotatable bonds is 5. The maximum atomic E-state index is 14.4. The Labute approximate surface area is 121 Å². The number of methoxy groups -OCH3 is 1. The molecule has 0 amide bonds. The number of ether oxygens (including phenoxy) is 1. The first kappa shape index (κ1) is 14.3. The Bertz CT molecular complexity index is 558. The summed E-state index contributed by atoms with van der Waals surface area (Å²) in [5.41, 5.74) is 0.547. The number of hydrogen-bond donors (Lipinski definition) is 1. The van der Waals surface area contributed by atoms with Crippen LogP contribution in [0.25, 0.3) is 0 Å². The average molecular weight is 300 g/mol. The quantitative estimate of drug-likeness (QED) is 0.891. The van der Waals surface area contributed by atoms with E-state index >= 15 is 0 Å². The van der Waals surface area contributed by atoms with Crippen LogP contribution in [0.5, 0.6) is 5.75 Å². The Balaban J connectivity index is 2.48. The molecule has 0 bridgehead atoms. The normalized spacial score (nSPS) is 12.4. The van der Waals surface area contributed by atoms with E-state index in [0.29, 0.717) is 10.6 Å². The Morgan fingerprint density at radius 1 is 1.42 bits per heavy atom. The zero-order valence-electron chi connectivity index (χ0n) is 10.7. The van der Waals surface area contributed by atoms with Crippen molar-refractivity contribution in [3.05, 3.63) is 50.9 Å². The van der Waals surface area contributed by atoms with Crippen LogP contribution in [0.3, 0.4) is 0 Å². The third-order valence-corrected chi connectivity index (χ3v) is 4.26. The highest BCUT2D eigenvalue weighted by atomic mass is 35.5. The van der Waals surface area contributed by atoms with E-state index in [1.54, 1.807) is 18.2 Å². The zero-order valence-corrected chi connectivity index (χ0v) is 12.3. The number of hydrogen-bond acceptors (Lipinski definition) is 3. The van der Waals surface area contributed by atoms with Crippen LogP contribution in [0.2, 0.25) is 5.02 Å². The van der Waals surface area contributed by atoms with Gasteiger partial charge in [-0.1, -0.05) is 30.7 Å². The highest BCUT2D eigenvalue weighted by Gasteiger charge is 2.22. The minimum absolute atomic E-state index is 0.244. The molecule has 1 heterocycles. The average Bonchev–Trinajstić information content (AvgIpc) is 2.83. The third-order valence-electron chi connectivity index (χ3n) is 2.84. The van der Waals surface area contributed by atoms with Crippen molar-refractivity contribution in [3.8, 4) is 5.75 Å². The van der Waals surface area contributed by atoms with Gasteiger partial charge in [-0.2, -0.15) is 0 Å². The fourth-order valence-electron chi connectivity index (χ4n) is 1.97. The van der Waals surface area contributed by atoms with Gasteiger partial charge in [0.1, 0.15) is 0 Å². The lowest BCUT2D eigenvalue weighted by atomic mass is 10.0. The second-order valence-electron chi connectivity index (χ2n) is 3.99. The fraction of sp³-hybridized carbons (Fsp3) is 0.286. The summed E-state index contributed by atoms with van der Waals surface area (Å²) in [5.74, 6) is -0.103. The molecule has 1 N–H and O–H groups in total. The largest absolute Gasteiger partial charge is 0.494 e. The van der Waals surface area contributed by atoms with Gasteiger partial charge in [-0.15, -0.1) is 11.3 Å². The summed E-state index contributed by atoms with van der Waals surface area (Å²) in [5, 5.41) is 5.82. The van der Waals surface area contributed by atoms with Crippen LogP contribution in [0.4, 0.5) is 4.39 Å². The number of thiophene rings is 1. The molecule has 0 saturated carbocycles. The SMILES string of the molecule is CCNC(c1cccc(OC)c1F)c1sccc1Cl. The molecular formula is C14H15ClFNOS. The van der Waals surface area contributed by atoms with Crippen molar-refractivity contribution in [2.45, 2.75) is 13.0 Å². The van der Waals surface area contributed by atoms with Gasteiger partial charge in [-0.05, 0) is 24.1 Å². The molecule has 0 saturated heterocycles. The van der Waals surface area contributed by atoms with Gasteiger partial charge in [0.25, 0.3) is 0 Å². The van der Waals surface area contributed by atoms with Crippen molar-refractivity contribution >= 4 is 22.9 Å². The molecule has 2 aromatic rings. The van der Waals surface area contributed by atoms with Crippen molar-refractivity contribution in [1.29, 1.82) is 0 Å². The van der Waals surface area contributed by atoms with Crippen molar-refractivity contribution in [2.75, 3.05) is 13.7 Å². The molecule has 0 aliphatic rings. The maximum Gasteiger partial charge on any atom is 0.170 e. The lowest BCUT2D eigenvalue weighted by molar-refractivity contribution is 0.382. The number of halogens is 2. The van der Waals surface area contributed by atoms with Crippen LogP contribution < -0.4 is 10.1 Å². The molecular weight excluding hydrogens is 285 g/mol. The summed E-state index contributed by atoms with van der Waals surface area (Å²) < 4.78 is 19.4. The lowest BCUT2D eigenvalue weighted by Crippen LogP contribution is -2.22. The molecule has 1 unspecified atom stereocenters. The smallest absolute Gasteiger partial charge is 0.170 e. The first-order valence-corrected chi connectivity index (χ1v) is 7.23. The molecule has 2 rings (SSSR count). The van der Waals surface area contributed by atoms with Gasteiger partial charge in [0.15, 0.2) is 11.6 Å². The van der Waals surface area contributed by atoms with Crippen molar-refractivity contribution in [2.24, 2.45) is 0 Å². The monoisotopic (exact) mass is 299 g/mol. The van der Waals surface area contributed by atoms with Crippen LogP contribution in [-0.2, 0) is 0 Å². The summed E-state index contributed by atoms with van der Waals surface area (Å²) >= 11 is 7.68. The zero-order chi connectivity index (χ0) is 13.8. The first-order chi connectivity index (χ1) is 9.19. The van der Waals surface area contributed by atoms with Crippen molar-refractivity contribution in [3.63, 3.8) is 0 Å². The van der Waals surface area contributed by atoms with Crippen LogP contribution in [0, 0.1) is 5.82 Å². The predicted octanol–water partition coefficient (Wildman–Crippen LogP) is 4.25. The summed E-state index contributed by atoms with van der Waals surface area (Å²) in [6, 6.07) is 6.71. The van der Waals surface area contributed by atoms with Crippen molar-refractivity contribution < 1.29 is 9.13 Å². The van der Waals surface area contributed by atoms with E-state index < -0.39 is 0 Å². The van der Waals surface area contributed by atoms with Crippen LogP contribution in [0.15, 0.2) is 29.6 Å². The van der Waals surface area contributed by atoms with Crippen LogP contribution in [0.1, 0.15) is 23.4 Å². The van der Waals surface area contributed by atoms with E-state index in [9.17, 15) is 4.39 Å². The van der Waals surface area contributed by atoms with Gasteiger partial charge < -0.3 is 10.1 Å². The summed E-state index contributed by atoms with van der Waals surface area (Å²) in [4.78, 5) is 0.913. The molecule has 1 aromatic carbocycles. The van der Waals surface area contributed by atoms with E-state index in [2.05, 4.69) is 5.32 Å². The molecule has 1 atom stereocenters. The minimum Gasteiger partial charge on any atom is -0.494 e. The number of benzene rings is 1. The summed E-state index contributed by atoms with van der Waals surface area (Å²) in [7, 11) is 1.46.